The van der Waals surface area contributed by atoms with Crippen LogP contribution >= 0.6 is 0 Å². The van der Waals surface area contributed by atoms with Gasteiger partial charge in [-0.05, 0) is 18.8 Å². The van der Waals surface area contributed by atoms with E-state index in [-0.39, 0.29) is 0 Å². The molecule has 16 heavy (non-hydrogen) atoms. The Labute approximate surface area is 93.8 Å². The largest absolute Gasteiger partial charge is 0.349 e. The van der Waals surface area contributed by atoms with Gasteiger partial charge in [-0.1, -0.05) is 6.42 Å². The Kier molecular flexibility index (Phi) is 3.03. The van der Waals surface area contributed by atoms with Crippen molar-refractivity contribution in [3.05, 3.63) is 18.0 Å². The number of carbonyl (C=O) groups is 2. The molecule has 0 unspecified atom stereocenters. The lowest BCUT2D eigenvalue weighted by Crippen LogP contribution is -2.36. The van der Waals surface area contributed by atoms with E-state index in [2.05, 4.69) is 10.4 Å². The monoisotopic (exact) mass is 221 g/mol. The van der Waals surface area contributed by atoms with Gasteiger partial charge in [-0.25, -0.2) is 0 Å². The third-order valence-electron chi connectivity index (χ3n) is 2.95. The molecule has 1 aliphatic rings. The van der Waals surface area contributed by atoms with Crippen LogP contribution in [0.5, 0.6) is 0 Å². The molecule has 2 rings (SSSR count). The van der Waals surface area contributed by atoms with E-state index in [1.165, 1.54) is 17.3 Å². The van der Waals surface area contributed by atoms with Crippen molar-refractivity contribution in [2.75, 3.05) is 6.54 Å². The van der Waals surface area contributed by atoms with Gasteiger partial charge in [0.25, 0.3) is 11.7 Å². The molecule has 1 aromatic heterocycles. The minimum absolute atomic E-state index is 0.341. The maximum Gasteiger partial charge on any atom is 0.292 e. The van der Waals surface area contributed by atoms with Crippen molar-refractivity contribution in [1.82, 2.24) is 15.1 Å². The highest BCUT2D eigenvalue weighted by atomic mass is 16.2. The van der Waals surface area contributed by atoms with Gasteiger partial charge in [0.05, 0.1) is 11.8 Å². The molecule has 1 aliphatic carbocycles. The highest BCUT2D eigenvalue weighted by molar-refractivity contribution is 6.42. The molecule has 0 radical (unpaired) electrons. The summed E-state index contributed by atoms with van der Waals surface area (Å²) < 4.78 is 1.51. The second-order valence-electron chi connectivity index (χ2n) is 4.24. The van der Waals surface area contributed by atoms with Gasteiger partial charge in [0.15, 0.2) is 0 Å². The molecule has 5 nitrogen and oxygen atoms in total. The van der Waals surface area contributed by atoms with Crippen LogP contribution in [0.25, 0.3) is 0 Å². The summed E-state index contributed by atoms with van der Waals surface area (Å²) in [6.45, 7) is 0.616. The fourth-order valence-corrected chi connectivity index (χ4v) is 1.68. The molecular weight excluding hydrogens is 206 g/mol. The highest BCUT2D eigenvalue weighted by Crippen LogP contribution is 2.25. The molecule has 0 aliphatic heterocycles. The molecule has 0 saturated heterocycles. The number of rotatable bonds is 4. The molecule has 0 bridgehead atoms. The van der Waals surface area contributed by atoms with Gasteiger partial charge in [-0.15, -0.1) is 0 Å². The van der Waals surface area contributed by atoms with E-state index in [1.54, 1.807) is 13.2 Å². The number of amides is 1. The van der Waals surface area contributed by atoms with Crippen LogP contribution in [0.3, 0.4) is 0 Å². The first kappa shape index (κ1) is 10.9. The second kappa shape index (κ2) is 4.47. The highest BCUT2D eigenvalue weighted by Gasteiger charge is 2.21. The summed E-state index contributed by atoms with van der Waals surface area (Å²) in [5.74, 6) is -0.474. The van der Waals surface area contributed by atoms with Crippen molar-refractivity contribution in [3.8, 4) is 0 Å². The predicted octanol–water partition coefficient (Wildman–Crippen LogP) is 0.519. The zero-order valence-corrected chi connectivity index (χ0v) is 9.27. The van der Waals surface area contributed by atoms with Crippen molar-refractivity contribution in [2.24, 2.45) is 13.0 Å². The zero-order valence-electron chi connectivity index (χ0n) is 9.27. The van der Waals surface area contributed by atoms with Gasteiger partial charge in [0, 0.05) is 19.8 Å². The van der Waals surface area contributed by atoms with E-state index >= 15 is 0 Å². The van der Waals surface area contributed by atoms with Crippen molar-refractivity contribution in [3.63, 3.8) is 0 Å². The maximum absolute atomic E-state index is 11.6. The number of aryl methyl sites for hydroxylation is 1. The minimum Gasteiger partial charge on any atom is -0.349 e. The standard InChI is InChI=1S/C11H15N3O2/c1-14-7-9(6-13-14)10(15)11(16)12-5-8-3-2-4-8/h6-8H,2-5H2,1H3,(H,12,16). The van der Waals surface area contributed by atoms with E-state index in [1.807, 2.05) is 0 Å². The summed E-state index contributed by atoms with van der Waals surface area (Å²) >= 11 is 0. The zero-order chi connectivity index (χ0) is 11.5. The normalized spacial score (nSPS) is 15.6. The lowest BCUT2D eigenvalue weighted by atomic mass is 9.85. The van der Waals surface area contributed by atoms with Crippen molar-refractivity contribution < 1.29 is 9.59 Å². The number of hydrogen-bond acceptors (Lipinski definition) is 3. The number of ketones is 1. The van der Waals surface area contributed by atoms with Gasteiger partial charge in [0.1, 0.15) is 0 Å². The van der Waals surface area contributed by atoms with Crippen LogP contribution in [0, 0.1) is 5.92 Å². The van der Waals surface area contributed by atoms with Gasteiger partial charge in [-0.3, -0.25) is 14.3 Å². The van der Waals surface area contributed by atoms with Crippen molar-refractivity contribution in [2.45, 2.75) is 19.3 Å². The van der Waals surface area contributed by atoms with Gasteiger partial charge < -0.3 is 5.32 Å². The van der Waals surface area contributed by atoms with Crippen LogP contribution in [0.15, 0.2) is 12.4 Å². The first-order chi connectivity index (χ1) is 7.66. The van der Waals surface area contributed by atoms with Crippen LogP contribution < -0.4 is 5.32 Å². The lowest BCUT2D eigenvalue weighted by Gasteiger charge is -2.25. The van der Waals surface area contributed by atoms with Gasteiger partial charge in [-0.2, -0.15) is 5.10 Å². The minimum atomic E-state index is -0.528. The predicted molar refractivity (Wildman–Crippen MR) is 57.9 cm³/mol. The smallest absolute Gasteiger partial charge is 0.292 e. The summed E-state index contributed by atoms with van der Waals surface area (Å²) in [4.78, 5) is 23.1. The number of nitrogens with one attached hydrogen (secondary N) is 1. The average Bonchev–Trinajstić information content (AvgIpc) is 2.61. The summed E-state index contributed by atoms with van der Waals surface area (Å²) in [6, 6.07) is 0. The van der Waals surface area contributed by atoms with Gasteiger partial charge >= 0.3 is 0 Å². The molecule has 5 heteroatoms. The van der Waals surface area contributed by atoms with E-state index in [0.29, 0.717) is 18.0 Å². The van der Waals surface area contributed by atoms with Crippen LogP contribution in [-0.4, -0.2) is 28.0 Å². The lowest BCUT2D eigenvalue weighted by molar-refractivity contribution is -0.117. The molecule has 0 aromatic carbocycles. The fourth-order valence-electron chi connectivity index (χ4n) is 1.68. The van der Waals surface area contributed by atoms with Crippen molar-refractivity contribution >= 4 is 11.7 Å². The molecule has 1 heterocycles. The topological polar surface area (TPSA) is 64.0 Å². The van der Waals surface area contributed by atoms with Crippen molar-refractivity contribution in [1.29, 1.82) is 0 Å². The number of carbonyl (C=O) groups excluding carboxylic acids is 2. The molecule has 0 atom stereocenters. The fraction of sp³-hybridized carbons (Fsp3) is 0.545. The van der Waals surface area contributed by atoms with E-state index in [0.717, 1.165) is 12.8 Å². The Balaban J connectivity index is 1.86. The first-order valence-electron chi connectivity index (χ1n) is 5.48. The molecule has 1 fully saturated rings. The van der Waals surface area contributed by atoms with Crippen LogP contribution in [0.1, 0.15) is 29.6 Å². The Morgan fingerprint density at radius 2 is 2.31 bits per heavy atom. The molecule has 1 N–H and O–H groups in total. The SMILES string of the molecule is Cn1cc(C(=O)C(=O)NCC2CCC2)cn1. The Morgan fingerprint density at radius 3 is 2.81 bits per heavy atom. The summed E-state index contributed by atoms with van der Waals surface area (Å²) in [5.41, 5.74) is 0.341. The van der Waals surface area contributed by atoms with Gasteiger partial charge in [0.2, 0.25) is 0 Å². The molecule has 1 aromatic rings. The van der Waals surface area contributed by atoms with E-state index < -0.39 is 11.7 Å². The van der Waals surface area contributed by atoms with Crippen LogP contribution in [-0.2, 0) is 11.8 Å². The molecule has 1 amide bonds. The molecular formula is C11H15N3O2. The molecule has 0 spiro atoms. The van der Waals surface area contributed by atoms with E-state index in [9.17, 15) is 9.59 Å². The Bertz CT molecular complexity index is 407. The molecule has 86 valence electrons. The van der Waals surface area contributed by atoms with E-state index in [4.69, 9.17) is 0 Å². The number of aromatic nitrogens is 2. The Morgan fingerprint density at radius 1 is 1.56 bits per heavy atom. The van der Waals surface area contributed by atoms with Crippen LogP contribution in [0.2, 0.25) is 0 Å². The second-order valence-corrected chi connectivity index (χ2v) is 4.24. The quantitative estimate of drug-likeness (QED) is 0.595. The third-order valence-corrected chi connectivity index (χ3v) is 2.95. The summed E-state index contributed by atoms with van der Waals surface area (Å²) in [7, 11) is 1.71. The summed E-state index contributed by atoms with van der Waals surface area (Å²) in [6.07, 6.45) is 6.50. The number of Topliss-reactive ketones (excluding diaryl/α,β-unsaturated/α-hetero) is 1. The average molecular weight is 221 g/mol. The van der Waals surface area contributed by atoms with Crippen LogP contribution in [0.4, 0.5) is 0 Å². The number of hydrogen-bond donors (Lipinski definition) is 1. The summed E-state index contributed by atoms with van der Waals surface area (Å²) in [5, 5.41) is 6.53. The Hall–Kier alpha value is -1.65. The number of nitrogens with zero attached hydrogens (tertiary/aromatic N) is 2. The maximum atomic E-state index is 11.6. The third kappa shape index (κ3) is 2.29. The first-order valence-corrected chi connectivity index (χ1v) is 5.48. The molecule has 1 saturated carbocycles.